The van der Waals surface area contributed by atoms with E-state index in [1.807, 2.05) is 0 Å². The SMILES string of the molecule is PN(S)S. The van der Waals surface area contributed by atoms with E-state index in [4.69, 9.17) is 0 Å². The van der Waals surface area contributed by atoms with Crippen LogP contribution in [0.2, 0.25) is 0 Å². The number of hydrogen-bond acceptors (Lipinski definition) is 3. The summed E-state index contributed by atoms with van der Waals surface area (Å²) in [7, 11) is 2.22. The van der Waals surface area contributed by atoms with Gasteiger partial charge in [-0.2, -0.15) is 3.48 Å². The largest absolute Gasteiger partial charge is 0.185 e. The summed E-state index contributed by atoms with van der Waals surface area (Å²) in [6, 6.07) is 0. The molecule has 1 atom stereocenters. The van der Waals surface area contributed by atoms with Gasteiger partial charge < -0.3 is 0 Å². The van der Waals surface area contributed by atoms with Crippen LogP contribution in [0.15, 0.2) is 0 Å². The fourth-order valence-electron chi connectivity index (χ4n) is 0. The summed E-state index contributed by atoms with van der Waals surface area (Å²) < 4.78 is 1.31. The van der Waals surface area contributed by atoms with Crippen molar-refractivity contribution in [1.82, 2.24) is 3.48 Å². The molecule has 0 aliphatic heterocycles. The standard InChI is InChI=1S/H4NPS2/c2-1(3)4/h3-4H,2H2. The Hall–Kier alpha value is 1.09. The van der Waals surface area contributed by atoms with Crippen LogP contribution in [0.25, 0.3) is 0 Å². The van der Waals surface area contributed by atoms with Crippen molar-refractivity contribution in [3.05, 3.63) is 0 Å². The van der Waals surface area contributed by atoms with Gasteiger partial charge in [0.2, 0.25) is 0 Å². The van der Waals surface area contributed by atoms with E-state index in [-0.39, 0.29) is 0 Å². The maximum atomic E-state index is 3.63. The summed E-state index contributed by atoms with van der Waals surface area (Å²) >= 11 is 7.25. The lowest BCUT2D eigenvalue weighted by atomic mass is 13.8. The van der Waals surface area contributed by atoms with E-state index in [2.05, 4.69) is 35.0 Å². The average Bonchev–Trinajstić information content (AvgIpc) is 0.811. The highest BCUT2D eigenvalue weighted by Crippen LogP contribution is 2.01. The molecule has 0 aromatic heterocycles. The quantitative estimate of drug-likeness (QED) is 0.346. The van der Waals surface area contributed by atoms with Crippen molar-refractivity contribution in [2.24, 2.45) is 0 Å². The molecule has 0 saturated heterocycles. The van der Waals surface area contributed by atoms with Crippen LogP contribution in [-0.4, -0.2) is 3.48 Å². The molecule has 0 rings (SSSR count). The van der Waals surface area contributed by atoms with E-state index in [0.29, 0.717) is 0 Å². The minimum atomic E-state index is 1.31. The Balaban J connectivity index is 2.32. The molecule has 0 saturated carbocycles. The maximum Gasteiger partial charge on any atom is -0.0410 e. The Morgan fingerprint density at radius 1 is 1.50 bits per heavy atom. The van der Waals surface area contributed by atoms with Crippen LogP contribution in [0.5, 0.6) is 0 Å². The topological polar surface area (TPSA) is 3.24 Å². The third kappa shape index (κ3) is 11.4. The van der Waals surface area contributed by atoms with Crippen molar-refractivity contribution >= 4 is 35.0 Å². The van der Waals surface area contributed by atoms with Crippen molar-refractivity contribution in [3.8, 4) is 0 Å². The van der Waals surface area contributed by atoms with Gasteiger partial charge in [0.25, 0.3) is 0 Å². The van der Waals surface area contributed by atoms with Crippen molar-refractivity contribution < 1.29 is 0 Å². The fraction of sp³-hybridized carbons (Fsp3) is 0. The lowest BCUT2D eigenvalue weighted by Crippen LogP contribution is -1.61. The third-order valence-corrected chi connectivity index (χ3v) is 0. The molecule has 0 spiro atoms. The molecule has 1 nitrogen and oxygen atoms in total. The minimum absolute atomic E-state index is 1.31. The second-order valence-electron chi connectivity index (χ2n) is 0.320. The van der Waals surface area contributed by atoms with E-state index >= 15 is 0 Å². The van der Waals surface area contributed by atoms with E-state index in [0.717, 1.165) is 0 Å². The minimum Gasteiger partial charge on any atom is -0.185 e. The molecule has 0 heterocycles. The van der Waals surface area contributed by atoms with Gasteiger partial charge in [-0.3, -0.25) is 0 Å². The third-order valence-electron chi connectivity index (χ3n) is 0. The van der Waals surface area contributed by atoms with Gasteiger partial charge in [-0.25, -0.2) is 0 Å². The number of nitrogens with zero attached hydrogens (tertiary/aromatic N) is 1. The molecule has 0 aromatic rings. The molecule has 0 aromatic carbocycles. The van der Waals surface area contributed by atoms with Crippen LogP contribution in [0.1, 0.15) is 0 Å². The Morgan fingerprint density at radius 3 is 1.50 bits per heavy atom. The molecule has 0 aliphatic carbocycles. The zero-order valence-electron chi connectivity index (χ0n) is 1.92. The molecule has 4 heavy (non-hydrogen) atoms. The predicted octanol–water partition coefficient (Wildman–Crippen LogP) is 0.768. The van der Waals surface area contributed by atoms with E-state index in [1.165, 1.54) is 3.48 Å². The zero-order chi connectivity index (χ0) is 3.58. The van der Waals surface area contributed by atoms with Crippen molar-refractivity contribution in [2.75, 3.05) is 0 Å². The molecule has 0 radical (unpaired) electrons. The summed E-state index contributed by atoms with van der Waals surface area (Å²) in [5.41, 5.74) is 0. The van der Waals surface area contributed by atoms with Crippen LogP contribution in [-0.2, 0) is 0 Å². The average molecular weight is 113 g/mol. The maximum absolute atomic E-state index is 3.63. The normalized spacial score (nSPS) is 9.00. The molecule has 26 valence electrons. The van der Waals surface area contributed by atoms with Crippen LogP contribution in [0.3, 0.4) is 0 Å². The first-order valence-electron chi connectivity index (χ1n) is 0.658. The zero-order valence-corrected chi connectivity index (χ0v) is 4.86. The molecule has 1 unspecified atom stereocenters. The van der Waals surface area contributed by atoms with Crippen LogP contribution >= 0.6 is 35.0 Å². The lowest BCUT2D eigenvalue weighted by Gasteiger charge is -1.86. The Morgan fingerprint density at radius 2 is 1.50 bits per heavy atom. The first kappa shape index (κ1) is 5.09. The second-order valence-corrected chi connectivity index (χ2v) is 2.88. The Bertz CT molecular complexity index is 10.8. The first-order chi connectivity index (χ1) is 1.73. The molecular weight excluding hydrogens is 109 g/mol. The van der Waals surface area contributed by atoms with Gasteiger partial charge in [-0.05, 0) is 9.39 Å². The molecule has 0 aliphatic rings. The van der Waals surface area contributed by atoms with Gasteiger partial charge in [0.1, 0.15) is 0 Å². The van der Waals surface area contributed by atoms with Crippen molar-refractivity contribution in [1.29, 1.82) is 0 Å². The van der Waals surface area contributed by atoms with Gasteiger partial charge >= 0.3 is 0 Å². The van der Waals surface area contributed by atoms with Gasteiger partial charge in [0.05, 0.1) is 0 Å². The first-order valence-corrected chi connectivity index (χ1v) is 1.97. The highest BCUT2D eigenvalue weighted by Gasteiger charge is 1.61. The highest BCUT2D eigenvalue weighted by molar-refractivity contribution is 7.98. The van der Waals surface area contributed by atoms with Gasteiger partial charge in [0, 0.05) is 0 Å². The van der Waals surface area contributed by atoms with Gasteiger partial charge in [-0.15, -0.1) is 0 Å². The molecular formula is H4NPS2. The Labute approximate surface area is 39.1 Å². The monoisotopic (exact) mass is 113 g/mol. The van der Waals surface area contributed by atoms with E-state index in [1.54, 1.807) is 0 Å². The molecule has 0 N–H and O–H groups in total. The molecule has 0 bridgehead atoms. The molecule has 0 amide bonds. The summed E-state index contributed by atoms with van der Waals surface area (Å²) in [5, 5.41) is 0. The summed E-state index contributed by atoms with van der Waals surface area (Å²) in [4.78, 5) is 0. The van der Waals surface area contributed by atoms with Gasteiger partial charge in [0.15, 0.2) is 0 Å². The molecule has 0 fully saturated rings. The van der Waals surface area contributed by atoms with Crippen LogP contribution in [0.4, 0.5) is 0 Å². The smallest absolute Gasteiger partial charge is 0.0410 e. The fourth-order valence-corrected chi connectivity index (χ4v) is 0. The van der Waals surface area contributed by atoms with Crippen molar-refractivity contribution in [3.63, 3.8) is 0 Å². The Kier molecular flexibility index (Phi) is 2.97. The van der Waals surface area contributed by atoms with Crippen molar-refractivity contribution in [2.45, 2.75) is 0 Å². The van der Waals surface area contributed by atoms with E-state index in [9.17, 15) is 0 Å². The number of hydrogen-bond donors (Lipinski definition) is 2. The summed E-state index contributed by atoms with van der Waals surface area (Å²) in [6.45, 7) is 0. The predicted molar refractivity (Wildman–Crippen MR) is 29.5 cm³/mol. The second kappa shape index (κ2) is 2.33. The summed E-state index contributed by atoms with van der Waals surface area (Å²) in [5.74, 6) is 0. The number of thiol groups is 2. The van der Waals surface area contributed by atoms with Crippen LogP contribution < -0.4 is 0 Å². The van der Waals surface area contributed by atoms with E-state index < -0.39 is 0 Å². The highest BCUT2D eigenvalue weighted by atomic mass is 32.2. The van der Waals surface area contributed by atoms with Crippen LogP contribution in [0, 0.1) is 0 Å². The summed E-state index contributed by atoms with van der Waals surface area (Å²) in [6.07, 6.45) is 0. The molecule has 4 heteroatoms. The lowest BCUT2D eigenvalue weighted by molar-refractivity contribution is 1.34. The van der Waals surface area contributed by atoms with Gasteiger partial charge in [-0.1, -0.05) is 25.6 Å². The number of rotatable bonds is 0.